The molecule has 5 heteroatoms. The monoisotopic (exact) mass is 282 g/mol. The Morgan fingerprint density at radius 2 is 2.28 bits per heavy atom. The predicted molar refractivity (Wildman–Crippen MR) is 78.5 cm³/mol. The molecule has 3 nitrogen and oxygen atoms in total. The molecule has 0 spiro atoms. The number of benzene rings is 1. The van der Waals surface area contributed by atoms with Gasteiger partial charge in [0.1, 0.15) is 4.88 Å². The second-order valence-electron chi connectivity index (χ2n) is 4.09. The van der Waals surface area contributed by atoms with Gasteiger partial charge in [0.2, 0.25) is 0 Å². The van der Waals surface area contributed by atoms with E-state index in [1.165, 1.54) is 11.3 Å². The number of fused-ring (bicyclic) bond motifs is 1. The van der Waals surface area contributed by atoms with E-state index in [1.807, 2.05) is 6.07 Å². The van der Waals surface area contributed by atoms with Crippen molar-refractivity contribution in [2.75, 3.05) is 12.3 Å². The van der Waals surface area contributed by atoms with Gasteiger partial charge in [0.25, 0.3) is 5.91 Å². The van der Waals surface area contributed by atoms with Crippen LogP contribution in [0.3, 0.4) is 0 Å². The fraction of sp³-hybridized carbons (Fsp3) is 0.308. The van der Waals surface area contributed by atoms with Gasteiger partial charge in [0.15, 0.2) is 0 Å². The number of amides is 1. The molecular weight excluding hydrogens is 268 g/mol. The average molecular weight is 283 g/mol. The highest BCUT2D eigenvalue weighted by Gasteiger charge is 2.15. The zero-order valence-electron chi connectivity index (χ0n) is 10.1. The third kappa shape index (κ3) is 2.60. The largest absolute Gasteiger partial charge is 0.397 e. The lowest BCUT2D eigenvalue weighted by atomic mass is 10.2. The lowest BCUT2D eigenvalue weighted by molar-refractivity contribution is 0.0958. The molecule has 0 aliphatic carbocycles. The summed E-state index contributed by atoms with van der Waals surface area (Å²) in [5.74, 6) is -0.0988. The molecule has 0 radical (unpaired) electrons. The van der Waals surface area contributed by atoms with Crippen molar-refractivity contribution in [3.8, 4) is 0 Å². The summed E-state index contributed by atoms with van der Waals surface area (Å²) in [7, 11) is 0. The number of rotatable bonds is 4. The SMILES string of the molecule is CCCCNC(=O)c1sc2ccc(Cl)cc2c1N. The first-order valence-electron chi connectivity index (χ1n) is 5.89. The number of carbonyl (C=O) groups is 1. The summed E-state index contributed by atoms with van der Waals surface area (Å²) in [5.41, 5.74) is 6.52. The summed E-state index contributed by atoms with van der Waals surface area (Å²) < 4.78 is 0.984. The van der Waals surface area contributed by atoms with Crippen molar-refractivity contribution in [2.45, 2.75) is 19.8 Å². The Labute approximate surface area is 115 Å². The second kappa shape index (κ2) is 5.59. The minimum atomic E-state index is -0.0988. The van der Waals surface area contributed by atoms with Crippen LogP contribution in [0.25, 0.3) is 10.1 Å². The van der Waals surface area contributed by atoms with Gasteiger partial charge in [-0.2, -0.15) is 0 Å². The minimum Gasteiger partial charge on any atom is -0.397 e. The molecule has 0 saturated carbocycles. The Balaban J connectivity index is 2.28. The fourth-order valence-corrected chi connectivity index (χ4v) is 2.91. The number of anilines is 1. The molecule has 1 amide bonds. The van der Waals surface area contributed by atoms with Gasteiger partial charge in [-0.05, 0) is 24.6 Å². The van der Waals surface area contributed by atoms with Crippen molar-refractivity contribution in [2.24, 2.45) is 0 Å². The smallest absolute Gasteiger partial charge is 0.263 e. The van der Waals surface area contributed by atoms with Crippen LogP contribution in [-0.2, 0) is 0 Å². The predicted octanol–water partition coefficient (Wildman–Crippen LogP) is 3.67. The van der Waals surface area contributed by atoms with E-state index >= 15 is 0 Å². The number of nitrogens with one attached hydrogen (secondary N) is 1. The van der Waals surface area contributed by atoms with E-state index < -0.39 is 0 Å². The van der Waals surface area contributed by atoms with Crippen LogP contribution < -0.4 is 11.1 Å². The summed E-state index contributed by atoms with van der Waals surface area (Å²) in [6.45, 7) is 2.77. The van der Waals surface area contributed by atoms with E-state index in [1.54, 1.807) is 12.1 Å². The molecule has 1 aromatic carbocycles. The van der Waals surface area contributed by atoms with Gasteiger partial charge in [-0.25, -0.2) is 0 Å². The molecule has 18 heavy (non-hydrogen) atoms. The molecule has 0 unspecified atom stereocenters. The zero-order valence-corrected chi connectivity index (χ0v) is 11.7. The van der Waals surface area contributed by atoms with Crippen LogP contribution in [0.5, 0.6) is 0 Å². The molecule has 0 aliphatic heterocycles. The summed E-state index contributed by atoms with van der Waals surface area (Å²) in [5, 5.41) is 4.36. The van der Waals surface area contributed by atoms with Crippen molar-refractivity contribution in [3.63, 3.8) is 0 Å². The highest BCUT2D eigenvalue weighted by Crippen LogP contribution is 2.35. The second-order valence-corrected chi connectivity index (χ2v) is 5.58. The number of thiophene rings is 1. The van der Waals surface area contributed by atoms with E-state index in [-0.39, 0.29) is 5.91 Å². The highest BCUT2D eigenvalue weighted by atomic mass is 35.5. The topological polar surface area (TPSA) is 55.1 Å². The van der Waals surface area contributed by atoms with Crippen LogP contribution in [0.4, 0.5) is 5.69 Å². The third-order valence-electron chi connectivity index (χ3n) is 2.71. The van der Waals surface area contributed by atoms with Crippen LogP contribution >= 0.6 is 22.9 Å². The molecule has 1 aromatic heterocycles. The van der Waals surface area contributed by atoms with Crippen molar-refractivity contribution in [3.05, 3.63) is 28.1 Å². The summed E-state index contributed by atoms with van der Waals surface area (Å²) in [4.78, 5) is 12.6. The highest BCUT2D eigenvalue weighted by molar-refractivity contribution is 7.21. The molecule has 0 bridgehead atoms. The van der Waals surface area contributed by atoms with Crippen molar-refractivity contribution in [1.29, 1.82) is 0 Å². The first-order chi connectivity index (χ1) is 8.63. The number of unbranched alkanes of at least 4 members (excludes halogenated alkanes) is 1. The fourth-order valence-electron chi connectivity index (χ4n) is 1.72. The summed E-state index contributed by atoms with van der Waals surface area (Å²) in [6, 6.07) is 5.49. The molecule has 0 aliphatic rings. The first kappa shape index (κ1) is 13.2. The van der Waals surface area contributed by atoms with Crippen LogP contribution in [0.1, 0.15) is 29.4 Å². The number of nitrogens with two attached hydrogens (primary N) is 1. The van der Waals surface area contributed by atoms with Gasteiger partial charge in [0, 0.05) is 21.7 Å². The Kier molecular flexibility index (Phi) is 4.09. The van der Waals surface area contributed by atoms with Gasteiger partial charge >= 0.3 is 0 Å². The van der Waals surface area contributed by atoms with Gasteiger partial charge in [0.05, 0.1) is 5.69 Å². The third-order valence-corrected chi connectivity index (χ3v) is 4.13. The van der Waals surface area contributed by atoms with Crippen LogP contribution in [0.15, 0.2) is 18.2 Å². The molecule has 1 heterocycles. The number of halogens is 1. The van der Waals surface area contributed by atoms with Gasteiger partial charge < -0.3 is 11.1 Å². The van der Waals surface area contributed by atoms with E-state index in [2.05, 4.69) is 12.2 Å². The number of hydrogen-bond acceptors (Lipinski definition) is 3. The number of hydrogen-bond donors (Lipinski definition) is 2. The Morgan fingerprint density at radius 1 is 1.50 bits per heavy atom. The quantitative estimate of drug-likeness (QED) is 0.841. The molecule has 0 atom stereocenters. The maximum Gasteiger partial charge on any atom is 0.263 e. The Morgan fingerprint density at radius 3 is 3.00 bits per heavy atom. The van der Waals surface area contributed by atoms with Gasteiger partial charge in [-0.1, -0.05) is 24.9 Å². The summed E-state index contributed by atoms with van der Waals surface area (Å²) >= 11 is 7.33. The molecule has 3 N–H and O–H groups in total. The standard InChI is InChI=1S/C13H15ClN2OS/c1-2-3-6-16-13(17)12-11(15)9-7-8(14)4-5-10(9)18-12/h4-5,7H,2-3,6,15H2,1H3,(H,16,17). The first-order valence-corrected chi connectivity index (χ1v) is 7.08. The van der Waals surface area contributed by atoms with Crippen LogP contribution in [0, 0.1) is 0 Å². The minimum absolute atomic E-state index is 0.0988. The molecule has 2 aromatic rings. The molecular formula is C13H15ClN2OS. The van der Waals surface area contributed by atoms with Gasteiger partial charge in [-0.15, -0.1) is 11.3 Å². The summed E-state index contributed by atoms with van der Waals surface area (Å²) in [6.07, 6.45) is 2.03. The molecule has 2 rings (SSSR count). The Hall–Kier alpha value is -1.26. The lowest BCUT2D eigenvalue weighted by Gasteiger charge is -2.02. The number of carbonyl (C=O) groups excluding carboxylic acids is 1. The maximum atomic E-state index is 12.0. The van der Waals surface area contributed by atoms with Crippen molar-refractivity contribution in [1.82, 2.24) is 5.32 Å². The molecule has 0 saturated heterocycles. The molecule has 96 valence electrons. The van der Waals surface area contributed by atoms with Crippen molar-refractivity contribution >= 4 is 44.6 Å². The van der Waals surface area contributed by atoms with E-state index in [9.17, 15) is 4.79 Å². The lowest BCUT2D eigenvalue weighted by Crippen LogP contribution is -2.24. The van der Waals surface area contributed by atoms with E-state index in [4.69, 9.17) is 17.3 Å². The van der Waals surface area contributed by atoms with E-state index in [0.717, 1.165) is 22.9 Å². The van der Waals surface area contributed by atoms with Crippen molar-refractivity contribution < 1.29 is 4.79 Å². The maximum absolute atomic E-state index is 12.0. The van der Waals surface area contributed by atoms with Crippen LogP contribution in [-0.4, -0.2) is 12.5 Å². The number of nitrogen functional groups attached to an aromatic ring is 1. The average Bonchev–Trinajstić information content (AvgIpc) is 2.67. The molecule has 0 fully saturated rings. The Bertz CT molecular complexity index is 580. The van der Waals surface area contributed by atoms with Gasteiger partial charge in [-0.3, -0.25) is 4.79 Å². The normalized spacial score (nSPS) is 10.8. The van der Waals surface area contributed by atoms with Crippen LogP contribution in [0.2, 0.25) is 5.02 Å². The van der Waals surface area contributed by atoms with E-state index in [0.29, 0.717) is 22.1 Å². The zero-order chi connectivity index (χ0) is 13.1.